The average molecular weight is 448 g/mol. The fourth-order valence-electron chi connectivity index (χ4n) is 3.15. The van der Waals surface area contributed by atoms with Crippen LogP contribution in [0.25, 0.3) is 10.8 Å². The summed E-state index contributed by atoms with van der Waals surface area (Å²) in [6, 6.07) is 3.45. The van der Waals surface area contributed by atoms with E-state index in [1.807, 2.05) is 0 Å². The van der Waals surface area contributed by atoms with E-state index in [-0.39, 0.29) is 29.8 Å². The number of benzene rings is 1. The number of anilines is 1. The lowest BCUT2D eigenvalue weighted by Gasteiger charge is -2.31. The summed E-state index contributed by atoms with van der Waals surface area (Å²) in [5.41, 5.74) is 6.07. The van der Waals surface area contributed by atoms with E-state index in [0.29, 0.717) is 35.7 Å². The number of carbonyl (C=O) groups is 1. The molecular weight excluding hydrogens is 429 g/mol. The molecule has 2 heterocycles. The second-order valence-corrected chi connectivity index (χ2v) is 8.19. The predicted octanol–water partition coefficient (Wildman–Crippen LogP) is 2.16. The highest BCUT2D eigenvalue weighted by atomic mass is 35.5. The van der Waals surface area contributed by atoms with Crippen molar-refractivity contribution in [2.24, 2.45) is 10.2 Å². The number of aromatic nitrogens is 1. The molecule has 0 radical (unpaired) electrons. The van der Waals surface area contributed by atoms with E-state index < -0.39 is 22.0 Å². The zero-order valence-corrected chi connectivity index (χ0v) is 17.0. The molecule has 1 aromatic heterocycles. The molecule has 0 amide bonds. The monoisotopic (exact) mass is 447 g/mol. The molecule has 1 saturated heterocycles. The molecular formula is C16H19Cl2N5O4S. The van der Waals surface area contributed by atoms with Gasteiger partial charge >= 0.3 is 5.97 Å². The summed E-state index contributed by atoms with van der Waals surface area (Å²) in [5.74, 6) is -1.16. The molecule has 0 aliphatic carbocycles. The normalized spacial score (nSPS) is 18.5. The van der Waals surface area contributed by atoms with Crippen LogP contribution in [0.15, 0.2) is 40.0 Å². The standard InChI is InChI=1S/C16H18ClN5O4S.ClH/c17-21-16(18)20-13-9-19-8-10-7-11(4-5-12(10)13)27(25,26)22-6-2-1-3-14(22)15(23)24;/h4-5,7-9,14H,1-3,6H2,(H,23,24)(H3,18,20,21);1H/t14-;/m1./s1. The van der Waals surface area contributed by atoms with E-state index in [1.165, 1.54) is 24.5 Å². The van der Waals surface area contributed by atoms with E-state index >= 15 is 0 Å². The van der Waals surface area contributed by atoms with Gasteiger partial charge in [-0.05, 0) is 31.4 Å². The molecule has 12 heteroatoms. The third-order valence-corrected chi connectivity index (χ3v) is 6.52. The summed E-state index contributed by atoms with van der Waals surface area (Å²) in [6.45, 7) is 0.180. The van der Waals surface area contributed by atoms with Crippen LogP contribution in [0, 0.1) is 0 Å². The predicted molar refractivity (Wildman–Crippen MR) is 109 cm³/mol. The van der Waals surface area contributed by atoms with Gasteiger partial charge in [0.2, 0.25) is 16.0 Å². The molecule has 152 valence electrons. The summed E-state index contributed by atoms with van der Waals surface area (Å²) in [5, 5.41) is 13.4. The Morgan fingerprint density at radius 1 is 1.36 bits per heavy atom. The van der Waals surface area contributed by atoms with Gasteiger partial charge in [0.15, 0.2) is 0 Å². The first-order chi connectivity index (χ1) is 12.8. The number of rotatable bonds is 4. The van der Waals surface area contributed by atoms with E-state index in [2.05, 4.69) is 14.8 Å². The number of nitrogens with zero attached hydrogens (tertiary/aromatic N) is 3. The van der Waals surface area contributed by atoms with Crippen molar-refractivity contribution >= 4 is 62.6 Å². The highest BCUT2D eigenvalue weighted by molar-refractivity contribution is 7.89. The number of piperidine rings is 1. The third-order valence-electron chi connectivity index (χ3n) is 4.43. The number of hydrogen-bond acceptors (Lipinski definition) is 5. The zero-order chi connectivity index (χ0) is 19.6. The average Bonchev–Trinajstić information content (AvgIpc) is 2.67. The number of carboxylic acids is 1. The summed E-state index contributed by atoms with van der Waals surface area (Å²) in [4.78, 5) is 15.5. The van der Waals surface area contributed by atoms with Crippen LogP contribution in [-0.2, 0) is 14.8 Å². The van der Waals surface area contributed by atoms with Gasteiger partial charge in [-0.1, -0.05) is 6.07 Å². The largest absolute Gasteiger partial charge is 0.480 e. The molecule has 0 bridgehead atoms. The van der Waals surface area contributed by atoms with Crippen molar-refractivity contribution in [3.8, 4) is 0 Å². The lowest BCUT2D eigenvalue weighted by molar-refractivity contribution is -0.142. The second-order valence-electron chi connectivity index (χ2n) is 6.13. The molecule has 4 N–H and O–H groups in total. The molecule has 1 fully saturated rings. The second kappa shape index (κ2) is 8.91. The van der Waals surface area contributed by atoms with Crippen LogP contribution in [-0.4, -0.2) is 47.3 Å². The minimum Gasteiger partial charge on any atom is -0.480 e. The Bertz CT molecular complexity index is 1020. The Morgan fingerprint density at radius 2 is 2.11 bits per heavy atom. The van der Waals surface area contributed by atoms with Gasteiger partial charge in [-0.3, -0.25) is 9.78 Å². The molecule has 28 heavy (non-hydrogen) atoms. The number of fused-ring (bicyclic) bond motifs is 1. The highest BCUT2D eigenvalue weighted by Gasteiger charge is 2.37. The molecule has 1 aliphatic heterocycles. The topological polar surface area (TPSA) is 138 Å². The third kappa shape index (κ3) is 4.30. The molecule has 0 unspecified atom stereocenters. The summed E-state index contributed by atoms with van der Waals surface area (Å²) >= 11 is 5.31. The van der Waals surface area contributed by atoms with Crippen molar-refractivity contribution in [3.05, 3.63) is 30.6 Å². The van der Waals surface area contributed by atoms with Crippen molar-refractivity contribution in [1.82, 2.24) is 9.29 Å². The Kier molecular flexibility index (Phi) is 7.05. The van der Waals surface area contributed by atoms with Gasteiger partial charge in [-0.25, -0.2) is 8.42 Å². The van der Waals surface area contributed by atoms with Crippen molar-refractivity contribution in [2.75, 3.05) is 11.9 Å². The first-order valence-electron chi connectivity index (χ1n) is 8.18. The lowest BCUT2D eigenvalue weighted by atomic mass is 10.1. The Labute approximate surface area is 173 Å². The molecule has 3 rings (SSSR count). The van der Waals surface area contributed by atoms with Crippen molar-refractivity contribution in [1.29, 1.82) is 0 Å². The van der Waals surface area contributed by atoms with E-state index in [4.69, 9.17) is 17.5 Å². The van der Waals surface area contributed by atoms with Crippen LogP contribution in [0.1, 0.15) is 19.3 Å². The Hall–Kier alpha value is -2.14. The quantitative estimate of drug-likeness (QED) is 0.481. The number of hydrogen-bond donors (Lipinski definition) is 3. The number of halogens is 2. The fraction of sp³-hybridized carbons (Fsp3) is 0.312. The van der Waals surface area contributed by atoms with Gasteiger partial charge in [0.05, 0.1) is 16.8 Å². The number of aliphatic carboxylic acids is 1. The summed E-state index contributed by atoms with van der Waals surface area (Å²) in [6.07, 6.45) is 4.64. The smallest absolute Gasteiger partial charge is 0.322 e. The van der Waals surface area contributed by atoms with Crippen molar-refractivity contribution in [2.45, 2.75) is 30.2 Å². The van der Waals surface area contributed by atoms with Crippen LogP contribution in [0.2, 0.25) is 0 Å². The summed E-state index contributed by atoms with van der Waals surface area (Å²) in [7, 11) is -3.95. The van der Waals surface area contributed by atoms with Gasteiger partial charge in [-0.15, -0.1) is 16.9 Å². The van der Waals surface area contributed by atoms with Crippen LogP contribution >= 0.6 is 24.2 Å². The SMILES string of the molecule is Cl.NC(=NCl)Nc1cncc2cc(S(=O)(=O)N3CCCC[C@@H]3C(=O)O)ccc12. The van der Waals surface area contributed by atoms with Gasteiger partial charge in [0.25, 0.3) is 0 Å². The van der Waals surface area contributed by atoms with Gasteiger partial charge in [0.1, 0.15) is 6.04 Å². The molecule has 1 atom stereocenters. The van der Waals surface area contributed by atoms with Crippen LogP contribution in [0.5, 0.6) is 0 Å². The van der Waals surface area contributed by atoms with Crippen LogP contribution in [0.3, 0.4) is 0 Å². The Balaban J connectivity index is 0.00000280. The zero-order valence-electron chi connectivity index (χ0n) is 14.6. The summed E-state index contributed by atoms with van der Waals surface area (Å²) < 4.78 is 30.4. The number of sulfonamides is 1. The molecule has 1 aromatic carbocycles. The fourth-order valence-corrected chi connectivity index (χ4v) is 4.88. The number of guanidine groups is 1. The molecule has 0 saturated carbocycles. The van der Waals surface area contributed by atoms with Gasteiger partial charge in [0, 0.05) is 35.3 Å². The number of nitrogens with two attached hydrogens (primary N) is 1. The van der Waals surface area contributed by atoms with E-state index in [1.54, 1.807) is 6.07 Å². The molecule has 0 spiro atoms. The number of nitrogens with one attached hydrogen (secondary N) is 1. The van der Waals surface area contributed by atoms with Crippen molar-refractivity contribution < 1.29 is 18.3 Å². The Morgan fingerprint density at radius 3 is 2.79 bits per heavy atom. The minimum absolute atomic E-state index is 0. The van der Waals surface area contributed by atoms with Crippen LogP contribution in [0.4, 0.5) is 5.69 Å². The number of pyridine rings is 1. The molecule has 1 aliphatic rings. The van der Waals surface area contributed by atoms with E-state index in [9.17, 15) is 18.3 Å². The van der Waals surface area contributed by atoms with Crippen LogP contribution < -0.4 is 11.1 Å². The first kappa shape index (κ1) is 22.2. The maximum Gasteiger partial charge on any atom is 0.322 e. The lowest BCUT2D eigenvalue weighted by Crippen LogP contribution is -2.47. The van der Waals surface area contributed by atoms with Crippen molar-refractivity contribution in [3.63, 3.8) is 0 Å². The van der Waals surface area contributed by atoms with Gasteiger partial charge < -0.3 is 16.2 Å². The highest BCUT2D eigenvalue weighted by Crippen LogP contribution is 2.29. The molecule has 2 aromatic rings. The maximum absolute atomic E-state index is 13.0. The number of carboxylic acid groups (broad SMARTS) is 1. The first-order valence-corrected chi connectivity index (χ1v) is 9.96. The van der Waals surface area contributed by atoms with E-state index in [0.717, 1.165) is 4.31 Å². The van der Waals surface area contributed by atoms with Gasteiger partial charge in [-0.2, -0.15) is 4.31 Å². The molecule has 9 nitrogen and oxygen atoms in total. The maximum atomic E-state index is 13.0. The minimum atomic E-state index is -3.95.